The Hall–Kier alpha value is -4.01. The third-order valence-electron chi connectivity index (χ3n) is 5.43. The molecule has 1 amide bonds. The number of aromatic hydroxyl groups is 1. The van der Waals surface area contributed by atoms with Crippen LogP contribution in [0.1, 0.15) is 18.7 Å². The van der Waals surface area contributed by atoms with Crippen LogP contribution in [0.5, 0.6) is 5.75 Å². The Kier molecular flexibility index (Phi) is 7.77. The van der Waals surface area contributed by atoms with Gasteiger partial charge in [0.25, 0.3) is 0 Å². The van der Waals surface area contributed by atoms with Gasteiger partial charge in [-0.25, -0.2) is 19.7 Å². The lowest BCUT2D eigenvalue weighted by atomic mass is 10.1. The quantitative estimate of drug-likeness (QED) is 0.248. The molecule has 1 aliphatic heterocycles. The van der Waals surface area contributed by atoms with Crippen LogP contribution in [-0.2, 0) is 25.5 Å². The van der Waals surface area contributed by atoms with Crippen LogP contribution in [0.2, 0.25) is 0 Å². The second-order valence-electron chi connectivity index (χ2n) is 7.87. The molecule has 2 unspecified atom stereocenters. The number of nitrogens with one attached hydrogen (secondary N) is 2. The summed E-state index contributed by atoms with van der Waals surface area (Å²) in [6.45, 7) is 1.50. The van der Waals surface area contributed by atoms with E-state index >= 15 is 0 Å². The molecule has 192 valence electrons. The van der Waals surface area contributed by atoms with E-state index in [1.54, 1.807) is 31.2 Å². The summed E-state index contributed by atoms with van der Waals surface area (Å²) in [6, 6.07) is 6.69. The number of aliphatic hydroxyl groups excluding tert-OH is 2. The molecule has 0 saturated carbocycles. The van der Waals surface area contributed by atoms with Crippen molar-refractivity contribution in [2.45, 2.75) is 38.0 Å². The molecule has 36 heavy (non-hydrogen) atoms. The van der Waals surface area contributed by atoms with E-state index in [9.17, 15) is 24.9 Å². The van der Waals surface area contributed by atoms with E-state index in [4.69, 9.17) is 14.2 Å². The maximum atomic E-state index is 11.8. The molecule has 0 aliphatic carbocycles. The second kappa shape index (κ2) is 11.2. The van der Waals surface area contributed by atoms with Gasteiger partial charge in [-0.15, -0.1) is 0 Å². The predicted octanol–water partition coefficient (Wildman–Crippen LogP) is 0.0525. The molecule has 0 spiro atoms. The van der Waals surface area contributed by atoms with Crippen molar-refractivity contribution in [3.8, 4) is 5.75 Å². The topological polar surface area (TPSA) is 190 Å². The molecule has 14 heteroatoms. The second-order valence-corrected chi connectivity index (χ2v) is 7.87. The molecule has 4 rings (SSSR count). The van der Waals surface area contributed by atoms with Gasteiger partial charge in [0.05, 0.1) is 12.9 Å². The van der Waals surface area contributed by atoms with Crippen molar-refractivity contribution in [2.75, 3.05) is 25.1 Å². The molecule has 1 saturated heterocycles. The van der Waals surface area contributed by atoms with Gasteiger partial charge in [0.15, 0.2) is 23.2 Å². The van der Waals surface area contributed by atoms with Gasteiger partial charge >= 0.3 is 12.1 Å². The van der Waals surface area contributed by atoms with Crippen molar-refractivity contribution in [2.24, 2.45) is 0 Å². The summed E-state index contributed by atoms with van der Waals surface area (Å²) < 4.78 is 16.9. The molecule has 3 heterocycles. The molecule has 5 N–H and O–H groups in total. The molecule has 14 nitrogen and oxygen atoms in total. The molecule has 2 aromatic heterocycles. The Morgan fingerprint density at radius 3 is 2.64 bits per heavy atom. The summed E-state index contributed by atoms with van der Waals surface area (Å²) in [5.74, 6) is -0.00811. The van der Waals surface area contributed by atoms with Gasteiger partial charge in [-0.05, 0) is 24.6 Å². The van der Waals surface area contributed by atoms with E-state index in [-0.39, 0.29) is 25.5 Å². The number of alkyl carbamates (subject to hydrolysis) is 1. The van der Waals surface area contributed by atoms with Crippen molar-refractivity contribution in [1.29, 1.82) is 0 Å². The normalized spacial score (nSPS) is 21.3. The number of esters is 1. The number of carbonyl (C=O) groups is 2. The number of hydrogen-bond acceptors (Lipinski definition) is 12. The number of carbonyl (C=O) groups excluding carboxylic acids is 2. The van der Waals surface area contributed by atoms with Gasteiger partial charge in [-0.2, -0.15) is 0 Å². The lowest BCUT2D eigenvalue weighted by Crippen LogP contribution is -2.37. The van der Waals surface area contributed by atoms with Gasteiger partial charge in [-0.1, -0.05) is 12.1 Å². The zero-order valence-electron chi connectivity index (χ0n) is 19.3. The predicted molar refractivity (Wildman–Crippen MR) is 123 cm³/mol. The fourth-order valence-corrected chi connectivity index (χ4v) is 3.63. The van der Waals surface area contributed by atoms with Crippen molar-refractivity contribution >= 4 is 29.0 Å². The Morgan fingerprint density at radius 2 is 1.89 bits per heavy atom. The minimum absolute atomic E-state index is 0.167. The summed E-state index contributed by atoms with van der Waals surface area (Å²) in [6.07, 6.45) is -2.98. The number of aromatic nitrogens is 4. The Morgan fingerprint density at radius 1 is 1.11 bits per heavy atom. The highest BCUT2D eigenvalue weighted by molar-refractivity contribution is 5.82. The van der Waals surface area contributed by atoms with Gasteiger partial charge in [-0.3, -0.25) is 9.36 Å². The first-order valence-electron chi connectivity index (χ1n) is 11.1. The van der Waals surface area contributed by atoms with E-state index in [0.717, 1.165) is 5.56 Å². The van der Waals surface area contributed by atoms with Crippen molar-refractivity contribution in [3.63, 3.8) is 0 Å². The van der Waals surface area contributed by atoms with Gasteiger partial charge in [0, 0.05) is 6.54 Å². The number of ether oxygens (including phenoxy) is 3. The monoisotopic (exact) mass is 502 g/mol. The average molecular weight is 502 g/mol. The number of nitrogens with zero attached hydrogens (tertiary/aromatic N) is 4. The molecule has 1 aromatic carbocycles. The number of benzene rings is 1. The molecule has 0 radical (unpaired) electrons. The summed E-state index contributed by atoms with van der Waals surface area (Å²) in [5.41, 5.74) is 1.67. The van der Waals surface area contributed by atoms with E-state index in [1.807, 2.05) is 0 Å². The van der Waals surface area contributed by atoms with Gasteiger partial charge in [0.1, 0.15) is 43.5 Å². The molecule has 1 fully saturated rings. The lowest BCUT2D eigenvalue weighted by molar-refractivity contribution is -0.141. The smallest absolute Gasteiger partial charge is 0.407 e. The summed E-state index contributed by atoms with van der Waals surface area (Å²) in [4.78, 5) is 35.9. The van der Waals surface area contributed by atoms with Gasteiger partial charge in [0.2, 0.25) is 0 Å². The van der Waals surface area contributed by atoms with Crippen LogP contribution in [0, 0.1) is 0 Å². The number of amides is 1. The van der Waals surface area contributed by atoms with E-state index < -0.39 is 36.6 Å². The number of phenolic OH excluding ortho intramolecular Hbond substituents is 1. The first-order valence-corrected chi connectivity index (χ1v) is 11.1. The largest absolute Gasteiger partial charge is 0.508 e. The molecule has 3 aromatic rings. The first-order chi connectivity index (χ1) is 17.4. The summed E-state index contributed by atoms with van der Waals surface area (Å²) in [7, 11) is 0. The minimum Gasteiger partial charge on any atom is -0.508 e. The van der Waals surface area contributed by atoms with E-state index in [1.165, 1.54) is 17.2 Å². The summed E-state index contributed by atoms with van der Waals surface area (Å²) >= 11 is 0. The average Bonchev–Trinajstić information content (AvgIpc) is 3.42. The number of rotatable bonds is 9. The maximum Gasteiger partial charge on any atom is 0.407 e. The number of anilines is 1. The maximum absolute atomic E-state index is 11.8. The number of phenols is 1. The zero-order valence-corrected chi connectivity index (χ0v) is 19.3. The molecule has 4 atom stereocenters. The van der Waals surface area contributed by atoms with Crippen LogP contribution < -0.4 is 10.6 Å². The highest BCUT2D eigenvalue weighted by Gasteiger charge is 2.45. The van der Waals surface area contributed by atoms with E-state index in [2.05, 4.69) is 25.6 Å². The number of fused-ring (bicyclic) bond motifs is 1. The highest BCUT2D eigenvalue weighted by atomic mass is 16.6. The first kappa shape index (κ1) is 25.1. The zero-order chi connectivity index (χ0) is 25.7. The van der Waals surface area contributed by atoms with Gasteiger partial charge < -0.3 is 40.2 Å². The standard InChI is InChI=1S/C22H26N6O8/c1-2-34-15(30)8-24-22(33)35-9-14-17(31)18(32)21(36-14)28-11-27-16-19(25-10-26-20(16)28)23-7-12-3-5-13(29)6-4-12/h3-6,10-11,14,17-18,21,29,31-32H,2,7-9H2,1H3,(H,24,33)(H,23,25,26)/t14-,17?,18?,21-/m1/s1. The SMILES string of the molecule is CCOC(=O)CNC(=O)OC[C@H]1O[C@@H](n2cnc3c(NCc4ccc(O)cc4)ncnc32)C(O)C1O. The molecule has 0 bridgehead atoms. The third-order valence-corrected chi connectivity index (χ3v) is 5.43. The van der Waals surface area contributed by atoms with Crippen LogP contribution in [-0.4, -0.2) is 85.0 Å². The lowest BCUT2D eigenvalue weighted by Gasteiger charge is -2.16. The van der Waals surface area contributed by atoms with E-state index in [0.29, 0.717) is 23.5 Å². The molecular formula is C22H26N6O8. The van der Waals surface area contributed by atoms with Crippen molar-refractivity contribution in [1.82, 2.24) is 24.8 Å². The molecular weight excluding hydrogens is 476 g/mol. The van der Waals surface area contributed by atoms with Crippen LogP contribution in [0.15, 0.2) is 36.9 Å². The van der Waals surface area contributed by atoms with Crippen LogP contribution in [0.4, 0.5) is 10.6 Å². The Labute approximate surface area is 204 Å². The fourth-order valence-electron chi connectivity index (χ4n) is 3.63. The van der Waals surface area contributed by atoms with Crippen LogP contribution >= 0.6 is 0 Å². The highest BCUT2D eigenvalue weighted by Crippen LogP contribution is 2.32. The third kappa shape index (κ3) is 5.62. The fraction of sp³-hybridized carbons (Fsp3) is 0.409. The number of imidazole rings is 1. The van der Waals surface area contributed by atoms with Crippen LogP contribution in [0.3, 0.4) is 0 Å². The Balaban J connectivity index is 1.39. The number of hydrogen-bond donors (Lipinski definition) is 5. The van der Waals surface area contributed by atoms with Crippen LogP contribution in [0.25, 0.3) is 11.2 Å². The van der Waals surface area contributed by atoms with Crippen molar-refractivity contribution in [3.05, 3.63) is 42.5 Å². The Bertz CT molecular complexity index is 1200. The number of aliphatic hydroxyl groups is 2. The summed E-state index contributed by atoms with van der Waals surface area (Å²) in [5, 5.41) is 35.8. The van der Waals surface area contributed by atoms with Crippen molar-refractivity contribution < 1.29 is 39.1 Å². The minimum atomic E-state index is -1.36. The molecule has 1 aliphatic rings.